The summed E-state index contributed by atoms with van der Waals surface area (Å²) in [5.41, 5.74) is 3.58. The van der Waals surface area contributed by atoms with Crippen LogP contribution in [-0.4, -0.2) is 31.8 Å². The Labute approximate surface area is 138 Å². The lowest BCUT2D eigenvalue weighted by Gasteiger charge is -2.02. The number of hydrogen-bond donors (Lipinski definition) is 2. The maximum atomic E-state index is 12.1. The second-order valence-electron chi connectivity index (χ2n) is 5.68. The predicted molar refractivity (Wildman–Crippen MR) is 91.7 cm³/mol. The van der Waals surface area contributed by atoms with Crippen LogP contribution in [-0.2, 0) is 17.6 Å². The molecule has 3 aromatic heterocycles. The zero-order valence-corrected chi connectivity index (χ0v) is 13.1. The van der Waals surface area contributed by atoms with Gasteiger partial charge in [-0.3, -0.25) is 4.79 Å². The maximum Gasteiger partial charge on any atom is 0.226 e. The van der Waals surface area contributed by atoms with Gasteiger partial charge < -0.3 is 14.7 Å². The molecule has 0 aliphatic rings. The van der Waals surface area contributed by atoms with Crippen molar-refractivity contribution >= 4 is 22.6 Å². The van der Waals surface area contributed by atoms with Crippen LogP contribution in [0.25, 0.3) is 16.7 Å². The lowest BCUT2D eigenvalue weighted by atomic mass is 10.3. The maximum absolute atomic E-state index is 12.1. The molecule has 0 saturated heterocycles. The van der Waals surface area contributed by atoms with Crippen molar-refractivity contribution in [1.29, 1.82) is 0 Å². The minimum absolute atomic E-state index is 0.0329. The number of rotatable bonds is 5. The topological polar surface area (TPSA) is 75.1 Å². The van der Waals surface area contributed by atoms with Crippen molar-refractivity contribution in [3.05, 3.63) is 66.4 Å². The van der Waals surface area contributed by atoms with E-state index in [-0.39, 0.29) is 12.3 Å². The predicted octanol–water partition coefficient (Wildman–Crippen LogP) is 2.11. The Morgan fingerprint density at radius 2 is 2.00 bits per heavy atom. The Balaban J connectivity index is 1.33. The largest absolute Gasteiger partial charge is 0.355 e. The molecule has 4 rings (SSSR count). The molecule has 4 aromatic rings. The first-order valence-corrected chi connectivity index (χ1v) is 7.91. The fourth-order valence-corrected chi connectivity index (χ4v) is 2.74. The van der Waals surface area contributed by atoms with E-state index in [4.69, 9.17) is 0 Å². The highest BCUT2D eigenvalue weighted by atomic mass is 16.1. The average Bonchev–Trinajstić information content (AvgIpc) is 3.17. The Morgan fingerprint density at radius 1 is 1.12 bits per heavy atom. The van der Waals surface area contributed by atoms with E-state index in [2.05, 4.69) is 20.3 Å². The molecule has 24 heavy (non-hydrogen) atoms. The highest BCUT2D eigenvalue weighted by Gasteiger charge is 2.08. The van der Waals surface area contributed by atoms with Gasteiger partial charge in [0, 0.05) is 25.4 Å². The van der Waals surface area contributed by atoms with Crippen molar-refractivity contribution in [2.45, 2.75) is 12.8 Å². The molecular formula is C18H17N5O. The number of benzene rings is 1. The molecule has 0 radical (unpaired) electrons. The Bertz CT molecular complexity index is 935. The molecule has 2 N–H and O–H groups in total. The number of nitrogens with one attached hydrogen (secondary N) is 2. The highest BCUT2D eigenvalue weighted by Crippen LogP contribution is 2.10. The summed E-state index contributed by atoms with van der Waals surface area (Å²) in [7, 11) is 0. The van der Waals surface area contributed by atoms with Gasteiger partial charge in [-0.05, 0) is 24.3 Å². The standard InChI is InChI=1S/C18H17N5O/c24-18(11-13-12-23-10-4-3-7-17(23)20-13)19-9-8-16-21-14-5-1-2-6-15(14)22-16/h1-7,10,12H,8-9,11H2,(H,19,24)(H,21,22). The van der Waals surface area contributed by atoms with Crippen LogP contribution in [0.2, 0.25) is 0 Å². The van der Waals surface area contributed by atoms with Gasteiger partial charge in [0.15, 0.2) is 0 Å². The number of pyridine rings is 1. The molecule has 0 bridgehead atoms. The lowest BCUT2D eigenvalue weighted by molar-refractivity contribution is -0.120. The molecule has 0 aliphatic heterocycles. The molecule has 6 heteroatoms. The summed E-state index contributed by atoms with van der Waals surface area (Å²) < 4.78 is 1.91. The van der Waals surface area contributed by atoms with Crippen LogP contribution >= 0.6 is 0 Å². The lowest BCUT2D eigenvalue weighted by Crippen LogP contribution is -2.27. The zero-order chi connectivity index (χ0) is 16.4. The number of para-hydroxylation sites is 2. The molecule has 1 aromatic carbocycles. The summed E-state index contributed by atoms with van der Waals surface area (Å²) in [6.45, 7) is 0.548. The summed E-state index contributed by atoms with van der Waals surface area (Å²) >= 11 is 0. The SMILES string of the molecule is O=C(Cc1cn2ccccc2n1)NCCc1nc2ccccc2[nH]1. The van der Waals surface area contributed by atoms with Gasteiger partial charge in [0.1, 0.15) is 11.5 Å². The van der Waals surface area contributed by atoms with Crippen LogP contribution in [0.15, 0.2) is 54.9 Å². The number of aromatic nitrogens is 4. The third-order valence-corrected chi connectivity index (χ3v) is 3.88. The van der Waals surface area contributed by atoms with E-state index in [1.54, 1.807) is 0 Å². The number of fused-ring (bicyclic) bond motifs is 2. The Morgan fingerprint density at radius 3 is 2.88 bits per heavy atom. The number of hydrogen-bond acceptors (Lipinski definition) is 3. The molecule has 0 unspecified atom stereocenters. The van der Waals surface area contributed by atoms with Crippen LogP contribution in [0.4, 0.5) is 0 Å². The minimum atomic E-state index is -0.0329. The normalized spacial score (nSPS) is 11.2. The molecule has 3 heterocycles. The van der Waals surface area contributed by atoms with Gasteiger partial charge in [-0.2, -0.15) is 0 Å². The van der Waals surface area contributed by atoms with Gasteiger partial charge in [0.2, 0.25) is 5.91 Å². The number of carbonyl (C=O) groups excluding carboxylic acids is 1. The zero-order valence-electron chi connectivity index (χ0n) is 13.1. The third kappa shape index (κ3) is 2.99. The molecule has 1 amide bonds. The number of aromatic amines is 1. The van der Waals surface area contributed by atoms with Crippen LogP contribution in [0, 0.1) is 0 Å². The van der Waals surface area contributed by atoms with Crippen LogP contribution in [0.1, 0.15) is 11.5 Å². The molecule has 0 saturated carbocycles. The van der Waals surface area contributed by atoms with Crippen molar-refractivity contribution in [2.24, 2.45) is 0 Å². The molecule has 120 valence electrons. The van der Waals surface area contributed by atoms with Crippen molar-refractivity contribution in [3.63, 3.8) is 0 Å². The summed E-state index contributed by atoms with van der Waals surface area (Å²) in [6, 6.07) is 13.7. The monoisotopic (exact) mass is 319 g/mol. The third-order valence-electron chi connectivity index (χ3n) is 3.88. The van der Waals surface area contributed by atoms with Gasteiger partial charge in [-0.15, -0.1) is 0 Å². The van der Waals surface area contributed by atoms with E-state index >= 15 is 0 Å². The van der Waals surface area contributed by atoms with Crippen molar-refractivity contribution in [1.82, 2.24) is 24.7 Å². The highest BCUT2D eigenvalue weighted by molar-refractivity contribution is 5.78. The molecule has 0 spiro atoms. The average molecular weight is 319 g/mol. The molecule has 0 fully saturated rings. The van der Waals surface area contributed by atoms with Gasteiger partial charge >= 0.3 is 0 Å². The van der Waals surface area contributed by atoms with Gasteiger partial charge in [0.05, 0.1) is 23.1 Å². The number of imidazole rings is 2. The second kappa shape index (κ2) is 6.16. The number of H-pyrrole nitrogens is 1. The second-order valence-corrected chi connectivity index (χ2v) is 5.68. The van der Waals surface area contributed by atoms with Crippen LogP contribution in [0.3, 0.4) is 0 Å². The number of nitrogens with zero attached hydrogens (tertiary/aromatic N) is 3. The van der Waals surface area contributed by atoms with E-state index in [0.717, 1.165) is 28.2 Å². The minimum Gasteiger partial charge on any atom is -0.355 e. The van der Waals surface area contributed by atoms with E-state index in [0.29, 0.717) is 13.0 Å². The fraction of sp³-hybridized carbons (Fsp3) is 0.167. The van der Waals surface area contributed by atoms with E-state index in [1.165, 1.54) is 0 Å². The Kier molecular flexibility index (Phi) is 3.70. The molecule has 0 atom stereocenters. The van der Waals surface area contributed by atoms with Crippen molar-refractivity contribution in [3.8, 4) is 0 Å². The fourth-order valence-electron chi connectivity index (χ4n) is 2.74. The van der Waals surface area contributed by atoms with Gasteiger partial charge in [-0.1, -0.05) is 18.2 Å². The van der Waals surface area contributed by atoms with Crippen molar-refractivity contribution in [2.75, 3.05) is 6.54 Å². The first-order valence-electron chi connectivity index (χ1n) is 7.91. The Hall–Kier alpha value is -3.15. The smallest absolute Gasteiger partial charge is 0.226 e. The molecule has 0 aliphatic carbocycles. The van der Waals surface area contributed by atoms with Gasteiger partial charge in [0.25, 0.3) is 0 Å². The van der Waals surface area contributed by atoms with E-state index in [9.17, 15) is 4.79 Å². The van der Waals surface area contributed by atoms with E-state index in [1.807, 2.05) is 59.3 Å². The van der Waals surface area contributed by atoms with E-state index < -0.39 is 0 Å². The number of amides is 1. The first kappa shape index (κ1) is 14.4. The molecule has 6 nitrogen and oxygen atoms in total. The summed E-state index contributed by atoms with van der Waals surface area (Å²) in [5.74, 6) is 0.846. The quantitative estimate of drug-likeness (QED) is 0.591. The summed E-state index contributed by atoms with van der Waals surface area (Å²) in [5, 5.41) is 2.92. The van der Waals surface area contributed by atoms with Crippen molar-refractivity contribution < 1.29 is 4.79 Å². The number of carbonyl (C=O) groups is 1. The van der Waals surface area contributed by atoms with Crippen LogP contribution < -0.4 is 5.32 Å². The molecular weight excluding hydrogens is 302 g/mol. The first-order chi connectivity index (χ1) is 11.8. The summed E-state index contributed by atoms with van der Waals surface area (Å²) in [6.07, 6.45) is 4.76. The van der Waals surface area contributed by atoms with Gasteiger partial charge in [-0.25, -0.2) is 9.97 Å². The van der Waals surface area contributed by atoms with Crippen LogP contribution in [0.5, 0.6) is 0 Å². The summed E-state index contributed by atoms with van der Waals surface area (Å²) in [4.78, 5) is 24.3.